The van der Waals surface area contributed by atoms with E-state index in [1.807, 2.05) is 0 Å². The van der Waals surface area contributed by atoms with E-state index in [-0.39, 0.29) is 0 Å². The van der Waals surface area contributed by atoms with Gasteiger partial charge in [-0.25, -0.2) is 0 Å². The third kappa shape index (κ3) is 2.28. The Morgan fingerprint density at radius 2 is 1.67 bits per heavy atom. The van der Waals surface area contributed by atoms with Gasteiger partial charge >= 0.3 is 0 Å². The van der Waals surface area contributed by atoms with Crippen LogP contribution in [0, 0.1) is 0 Å². The van der Waals surface area contributed by atoms with Crippen LogP contribution in [0.5, 0.6) is 0 Å². The zero-order chi connectivity index (χ0) is 7.65. The first kappa shape index (κ1) is 9.47. The lowest BCUT2D eigenvalue weighted by Crippen LogP contribution is -2.43. The van der Waals surface area contributed by atoms with Crippen molar-refractivity contribution in [2.24, 2.45) is 0 Å². The van der Waals surface area contributed by atoms with Gasteiger partial charge in [0.1, 0.15) is 0 Å². The molecule has 0 amide bonds. The fraction of sp³-hybridized carbons (Fsp3) is 1.00. The number of hydrogen-bond donors (Lipinski definition) is 0. The van der Waals surface area contributed by atoms with Gasteiger partial charge in [0.25, 0.3) is 0 Å². The molecule has 9 heavy (non-hydrogen) atoms. The molecular formula is C6H16ClNSi. The van der Waals surface area contributed by atoms with E-state index >= 15 is 0 Å². The molecule has 0 bridgehead atoms. The second-order valence-electron chi connectivity index (χ2n) is 3.07. The molecule has 0 aromatic carbocycles. The lowest BCUT2D eigenvalue weighted by molar-refractivity contribution is 0.617. The molecule has 0 spiro atoms. The largest absolute Gasteiger partial charge is 0.317 e. The van der Waals surface area contributed by atoms with Gasteiger partial charge in [0.05, 0.1) is 0 Å². The van der Waals surface area contributed by atoms with Gasteiger partial charge in [0.15, 0.2) is 0 Å². The van der Waals surface area contributed by atoms with E-state index in [2.05, 4.69) is 39.1 Å². The van der Waals surface area contributed by atoms with Crippen LogP contribution in [-0.2, 0) is 0 Å². The topological polar surface area (TPSA) is 3.24 Å². The molecular weight excluding hydrogens is 150 g/mol. The van der Waals surface area contributed by atoms with Crippen molar-refractivity contribution < 1.29 is 0 Å². The molecule has 0 saturated carbocycles. The lowest BCUT2D eigenvalue weighted by atomic mass is 10.6. The Labute approximate surface area is 63.8 Å². The van der Waals surface area contributed by atoms with Crippen LogP contribution in [0.2, 0.25) is 12.1 Å². The second kappa shape index (κ2) is 3.04. The molecule has 0 rings (SSSR count). The number of nitrogens with zero attached hydrogens (tertiary/aromatic N) is 1. The maximum absolute atomic E-state index is 6.27. The molecule has 0 saturated heterocycles. The molecule has 0 aromatic heterocycles. The van der Waals surface area contributed by atoms with E-state index in [4.69, 9.17) is 11.1 Å². The lowest BCUT2D eigenvalue weighted by Gasteiger charge is -2.30. The average molecular weight is 166 g/mol. The first-order valence-electron chi connectivity index (χ1n) is 3.25. The Bertz CT molecular complexity index is 81.1. The van der Waals surface area contributed by atoms with Crippen molar-refractivity contribution in [1.29, 1.82) is 0 Å². The van der Waals surface area contributed by atoms with Gasteiger partial charge in [0.2, 0.25) is 7.55 Å². The highest BCUT2D eigenvalue weighted by atomic mass is 35.6. The first-order valence-corrected chi connectivity index (χ1v) is 6.79. The molecule has 0 aromatic rings. The highest BCUT2D eigenvalue weighted by Crippen LogP contribution is 2.25. The summed E-state index contributed by atoms with van der Waals surface area (Å²) in [7, 11) is 2.56. The summed E-state index contributed by atoms with van der Waals surface area (Å²) in [5.74, 6) is 0. The number of rotatable bonds is 2. The number of hydrogen-bond acceptors (Lipinski definition) is 1. The van der Waals surface area contributed by atoms with E-state index < -0.39 is 7.55 Å². The molecule has 1 atom stereocenters. The summed E-state index contributed by atoms with van der Waals surface area (Å²) in [6.45, 7) is 6.53. The Kier molecular flexibility index (Phi) is 3.19. The molecule has 0 heterocycles. The third-order valence-corrected chi connectivity index (χ3v) is 8.11. The Hall–Kier alpha value is 0.467. The Morgan fingerprint density at radius 1 is 1.33 bits per heavy atom. The summed E-state index contributed by atoms with van der Waals surface area (Å²) in [5.41, 5.74) is 0.620. The van der Waals surface area contributed by atoms with Crippen LogP contribution in [0.4, 0.5) is 0 Å². The summed E-state index contributed by atoms with van der Waals surface area (Å²) in [6, 6.07) is 0. The molecule has 3 heteroatoms. The van der Waals surface area contributed by atoms with Crippen LogP contribution in [-0.4, -0.2) is 26.2 Å². The maximum Gasteiger partial charge on any atom is 0.228 e. The zero-order valence-electron chi connectivity index (χ0n) is 6.90. The minimum absolute atomic E-state index is 0.620. The van der Waals surface area contributed by atoms with Gasteiger partial charge in [-0.15, -0.1) is 11.1 Å². The van der Waals surface area contributed by atoms with Crippen molar-refractivity contribution in [1.82, 2.24) is 4.57 Å². The standard InChI is InChI=1S/C6H16ClNSi/c1-6(2)9(5,7)8(3)4/h6H,1-5H3. The van der Waals surface area contributed by atoms with Gasteiger partial charge in [-0.05, 0) is 26.2 Å². The van der Waals surface area contributed by atoms with Gasteiger partial charge in [-0.2, -0.15) is 0 Å². The summed E-state index contributed by atoms with van der Waals surface area (Å²) < 4.78 is 2.17. The predicted octanol–water partition coefficient (Wildman–Crippen LogP) is 2.27. The zero-order valence-corrected chi connectivity index (χ0v) is 8.66. The van der Waals surface area contributed by atoms with E-state index in [9.17, 15) is 0 Å². The van der Waals surface area contributed by atoms with Crippen LogP contribution < -0.4 is 0 Å². The van der Waals surface area contributed by atoms with Crippen molar-refractivity contribution in [2.45, 2.75) is 25.9 Å². The van der Waals surface area contributed by atoms with E-state index in [0.29, 0.717) is 5.54 Å². The molecule has 0 aliphatic rings. The minimum Gasteiger partial charge on any atom is -0.317 e. The average Bonchev–Trinajstić information content (AvgIpc) is 1.65. The first-order chi connectivity index (χ1) is 3.89. The fourth-order valence-electron chi connectivity index (χ4n) is 0.516. The molecule has 1 unspecified atom stereocenters. The van der Waals surface area contributed by atoms with E-state index in [1.165, 1.54) is 0 Å². The molecule has 0 fully saturated rings. The Balaban J connectivity index is 4.01. The van der Waals surface area contributed by atoms with Crippen molar-refractivity contribution in [3.63, 3.8) is 0 Å². The molecule has 0 aliphatic carbocycles. The highest BCUT2D eigenvalue weighted by Gasteiger charge is 2.31. The van der Waals surface area contributed by atoms with Crippen LogP contribution in [0.3, 0.4) is 0 Å². The van der Waals surface area contributed by atoms with Crippen LogP contribution in [0.15, 0.2) is 0 Å². The van der Waals surface area contributed by atoms with Crippen LogP contribution >= 0.6 is 11.1 Å². The molecule has 0 aliphatic heterocycles. The van der Waals surface area contributed by atoms with E-state index in [1.54, 1.807) is 0 Å². The maximum atomic E-state index is 6.27. The third-order valence-electron chi connectivity index (χ3n) is 1.93. The summed E-state index contributed by atoms with van der Waals surface area (Å²) in [5, 5.41) is 0. The van der Waals surface area contributed by atoms with Crippen molar-refractivity contribution >= 4 is 18.6 Å². The predicted molar refractivity (Wildman–Crippen MR) is 46.3 cm³/mol. The second-order valence-corrected chi connectivity index (χ2v) is 9.47. The molecule has 1 nitrogen and oxygen atoms in total. The summed E-state index contributed by atoms with van der Waals surface area (Å²) in [4.78, 5) is 0. The van der Waals surface area contributed by atoms with Gasteiger partial charge in [-0.3, -0.25) is 0 Å². The highest BCUT2D eigenvalue weighted by molar-refractivity contribution is 7.18. The summed E-state index contributed by atoms with van der Waals surface area (Å²) >= 11 is 6.27. The van der Waals surface area contributed by atoms with Crippen molar-refractivity contribution in [2.75, 3.05) is 14.1 Å². The van der Waals surface area contributed by atoms with Crippen molar-refractivity contribution in [3.8, 4) is 0 Å². The van der Waals surface area contributed by atoms with Gasteiger partial charge in [0, 0.05) is 0 Å². The molecule has 0 radical (unpaired) electrons. The minimum atomic E-state index is -1.55. The molecule has 0 N–H and O–H groups in total. The van der Waals surface area contributed by atoms with Gasteiger partial charge < -0.3 is 4.57 Å². The van der Waals surface area contributed by atoms with Crippen LogP contribution in [0.25, 0.3) is 0 Å². The summed E-state index contributed by atoms with van der Waals surface area (Å²) in [6.07, 6.45) is 0. The molecule has 56 valence electrons. The normalized spacial score (nSPS) is 18.7. The van der Waals surface area contributed by atoms with E-state index in [0.717, 1.165) is 0 Å². The van der Waals surface area contributed by atoms with Crippen molar-refractivity contribution in [3.05, 3.63) is 0 Å². The monoisotopic (exact) mass is 165 g/mol. The fourth-order valence-corrected chi connectivity index (χ4v) is 1.55. The smallest absolute Gasteiger partial charge is 0.228 e. The van der Waals surface area contributed by atoms with Crippen LogP contribution in [0.1, 0.15) is 13.8 Å². The Morgan fingerprint density at radius 3 is 1.67 bits per heavy atom. The number of halogens is 1. The SMILES string of the molecule is CC(C)[Si](C)(Cl)N(C)C. The quantitative estimate of drug-likeness (QED) is 0.448. The van der Waals surface area contributed by atoms with Gasteiger partial charge in [-0.1, -0.05) is 13.8 Å².